The molecule has 0 unspecified atom stereocenters. The van der Waals surface area contributed by atoms with Crippen molar-refractivity contribution in [2.45, 2.75) is 43.0 Å². The van der Waals surface area contributed by atoms with Gasteiger partial charge in [0.1, 0.15) is 0 Å². The molecular weight excluding hydrogens is 442 g/mol. The first-order valence-corrected chi connectivity index (χ1v) is 11.7. The molecule has 7 nitrogen and oxygen atoms in total. The van der Waals surface area contributed by atoms with Gasteiger partial charge in [-0.25, -0.2) is 17.2 Å². The van der Waals surface area contributed by atoms with E-state index in [4.69, 9.17) is 9.47 Å². The highest BCUT2D eigenvalue weighted by molar-refractivity contribution is 7.89. The molecule has 1 aliphatic carbocycles. The van der Waals surface area contributed by atoms with Crippen molar-refractivity contribution in [2.75, 3.05) is 26.1 Å². The summed E-state index contributed by atoms with van der Waals surface area (Å²) in [6.45, 7) is -0.458. The Bertz CT molecular complexity index is 1070. The first kappa shape index (κ1) is 23.9. The van der Waals surface area contributed by atoms with Crippen LogP contribution in [-0.2, 0) is 14.8 Å². The van der Waals surface area contributed by atoms with Crippen LogP contribution in [0.3, 0.4) is 0 Å². The van der Waals surface area contributed by atoms with E-state index in [0.29, 0.717) is 18.6 Å². The van der Waals surface area contributed by atoms with Gasteiger partial charge in [0.2, 0.25) is 15.9 Å². The molecule has 32 heavy (non-hydrogen) atoms. The quantitative estimate of drug-likeness (QED) is 0.634. The molecule has 174 valence electrons. The van der Waals surface area contributed by atoms with Crippen LogP contribution in [0.1, 0.15) is 32.1 Å². The third-order valence-electron chi connectivity index (χ3n) is 5.45. The van der Waals surface area contributed by atoms with Crippen LogP contribution in [0, 0.1) is 11.6 Å². The van der Waals surface area contributed by atoms with Gasteiger partial charge in [-0.15, -0.1) is 0 Å². The fourth-order valence-corrected chi connectivity index (χ4v) is 5.46. The summed E-state index contributed by atoms with van der Waals surface area (Å²) < 4.78 is 65.3. The first-order chi connectivity index (χ1) is 15.3. The topological polar surface area (TPSA) is 84.9 Å². The van der Waals surface area contributed by atoms with E-state index in [1.165, 1.54) is 42.8 Å². The zero-order valence-electron chi connectivity index (χ0n) is 17.9. The molecule has 0 aliphatic heterocycles. The van der Waals surface area contributed by atoms with Crippen molar-refractivity contribution in [2.24, 2.45) is 0 Å². The minimum Gasteiger partial charge on any atom is -0.493 e. The zero-order valence-corrected chi connectivity index (χ0v) is 18.8. The summed E-state index contributed by atoms with van der Waals surface area (Å²) in [5, 5.41) is 2.45. The van der Waals surface area contributed by atoms with Crippen LogP contribution in [0.2, 0.25) is 0 Å². The predicted molar refractivity (Wildman–Crippen MR) is 115 cm³/mol. The van der Waals surface area contributed by atoms with Crippen LogP contribution in [0.15, 0.2) is 41.3 Å². The van der Waals surface area contributed by atoms with Gasteiger partial charge in [-0.05, 0) is 37.1 Å². The molecule has 1 saturated carbocycles. The van der Waals surface area contributed by atoms with Crippen molar-refractivity contribution < 1.29 is 31.5 Å². The van der Waals surface area contributed by atoms with Crippen molar-refractivity contribution in [3.8, 4) is 11.5 Å². The van der Waals surface area contributed by atoms with Gasteiger partial charge in [0.05, 0.1) is 25.7 Å². The molecule has 0 bridgehead atoms. The van der Waals surface area contributed by atoms with Gasteiger partial charge in [-0.2, -0.15) is 4.31 Å². The number of benzene rings is 2. The highest BCUT2D eigenvalue weighted by Gasteiger charge is 2.34. The number of carbonyl (C=O) groups is 1. The molecule has 0 radical (unpaired) electrons. The van der Waals surface area contributed by atoms with Crippen molar-refractivity contribution in [3.05, 3.63) is 48.0 Å². The maximum atomic E-state index is 13.5. The van der Waals surface area contributed by atoms with Gasteiger partial charge in [0.25, 0.3) is 0 Å². The van der Waals surface area contributed by atoms with Gasteiger partial charge in [-0.1, -0.05) is 19.3 Å². The van der Waals surface area contributed by atoms with Crippen LogP contribution in [0.25, 0.3) is 0 Å². The number of hydrogen-bond acceptors (Lipinski definition) is 5. The zero-order chi connectivity index (χ0) is 23.3. The minimum absolute atomic E-state index is 0.0265. The molecule has 0 atom stereocenters. The molecule has 2 aromatic rings. The van der Waals surface area contributed by atoms with Crippen LogP contribution in [-0.4, -0.2) is 45.4 Å². The van der Waals surface area contributed by atoms with Crippen LogP contribution >= 0.6 is 0 Å². The third kappa shape index (κ3) is 5.36. The van der Waals surface area contributed by atoms with E-state index in [1.54, 1.807) is 0 Å². The van der Waals surface area contributed by atoms with E-state index < -0.39 is 34.1 Å². The number of rotatable bonds is 8. The highest BCUT2D eigenvalue weighted by Crippen LogP contribution is 2.33. The Hall–Kier alpha value is -2.72. The summed E-state index contributed by atoms with van der Waals surface area (Å²) in [5.74, 6) is -2.16. The van der Waals surface area contributed by atoms with Gasteiger partial charge >= 0.3 is 0 Å². The SMILES string of the molecule is COc1ccc(S(=O)(=O)N(CC(=O)Nc2ccc(F)c(F)c2)C2CCCCC2)cc1OC. The average molecular weight is 469 g/mol. The molecule has 1 amide bonds. The summed E-state index contributed by atoms with van der Waals surface area (Å²) in [7, 11) is -1.21. The summed E-state index contributed by atoms with van der Waals surface area (Å²) in [5.41, 5.74) is 0.0426. The lowest BCUT2D eigenvalue weighted by Gasteiger charge is -2.33. The second-order valence-corrected chi connectivity index (χ2v) is 9.43. The first-order valence-electron chi connectivity index (χ1n) is 10.2. The van der Waals surface area contributed by atoms with Crippen molar-refractivity contribution in [1.29, 1.82) is 0 Å². The largest absolute Gasteiger partial charge is 0.493 e. The van der Waals surface area contributed by atoms with Gasteiger partial charge in [-0.3, -0.25) is 4.79 Å². The number of anilines is 1. The number of methoxy groups -OCH3 is 2. The second-order valence-electron chi connectivity index (χ2n) is 7.54. The molecule has 10 heteroatoms. The molecule has 3 rings (SSSR count). The van der Waals surface area contributed by atoms with Crippen molar-refractivity contribution >= 4 is 21.6 Å². The molecule has 0 spiro atoms. The molecule has 1 fully saturated rings. The smallest absolute Gasteiger partial charge is 0.243 e. The number of carbonyl (C=O) groups excluding carboxylic acids is 1. The fraction of sp³-hybridized carbons (Fsp3) is 0.409. The summed E-state index contributed by atoms with van der Waals surface area (Å²) in [6, 6.07) is 6.86. The van der Waals surface area contributed by atoms with Crippen molar-refractivity contribution in [1.82, 2.24) is 4.31 Å². The predicted octanol–water partition coefficient (Wildman–Crippen LogP) is 3.94. The average Bonchev–Trinajstić information content (AvgIpc) is 2.79. The van der Waals surface area contributed by atoms with Gasteiger partial charge < -0.3 is 14.8 Å². The number of halogens is 2. The summed E-state index contributed by atoms with van der Waals surface area (Å²) in [6.07, 6.45) is 3.97. The standard InChI is InChI=1S/C22H26F2N2O5S/c1-30-20-11-9-17(13-21(20)31-2)32(28,29)26(16-6-4-3-5-7-16)14-22(27)25-15-8-10-18(23)19(24)12-15/h8-13,16H,3-7,14H2,1-2H3,(H,25,27). The van der Waals surface area contributed by atoms with Gasteiger partial charge in [0, 0.05) is 23.9 Å². The number of nitrogens with zero attached hydrogens (tertiary/aromatic N) is 1. The van der Waals surface area contributed by atoms with Crippen LogP contribution in [0.4, 0.5) is 14.5 Å². The molecule has 0 aromatic heterocycles. The van der Waals surface area contributed by atoms with Crippen LogP contribution < -0.4 is 14.8 Å². The number of sulfonamides is 1. The number of hydrogen-bond donors (Lipinski definition) is 1. The highest BCUT2D eigenvalue weighted by atomic mass is 32.2. The molecule has 1 N–H and O–H groups in total. The fourth-order valence-electron chi connectivity index (χ4n) is 3.81. The molecule has 0 heterocycles. The van der Waals surface area contributed by atoms with E-state index in [1.807, 2.05) is 0 Å². The summed E-state index contributed by atoms with van der Waals surface area (Å²) >= 11 is 0. The van der Waals surface area contributed by atoms with Crippen LogP contribution in [0.5, 0.6) is 11.5 Å². The van der Waals surface area contributed by atoms with E-state index in [0.717, 1.165) is 31.4 Å². The Morgan fingerprint density at radius 3 is 2.31 bits per heavy atom. The minimum atomic E-state index is -4.06. The maximum absolute atomic E-state index is 13.5. The molecular formula is C22H26F2N2O5S. The Morgan fingerprint density at radius 2 is 1.69 bits per heavy atom. The number of ether oxygens (including phenoxy) is 2. The summed E-state index contributed by atoms with van der Waals surface area (Å²) in [4.78, 5) is 12.7. The number of amides is 1. The molecule has 2 aromatic carbocycles. The lowest BCUT2D eigenvalue weighted by molar-refractivity contribution is -0.116. The van der Waals surface area contributed by atoms with E-state index >= 15 is 0 Å². The Morgan fingerprint density at radius 1 is 1.00 bits per heavy atom. The Labute approximate surface area is 186 Å². The lowest BCUT2D eigenvalue weighted by Crippen LogP contribution is -2.45. The molecule has 0 saturated heterocycles. The lowest BCUT2D eigenvalue weighted by atomic mass is 9.95. The van der Waals surface area contributed by atoms with E-state index in [-0.39, 0.29) is 22.4 Å². The second kappa shape index (κ2) is 10.3. The van der Waals surface area contributed by atoms with Crippen molar-refractivity contribution in [3.63, 3.8) is 0 Å². The Kier molecular flexibility index (Phi) is 7.68. The van der Waals surface area contributed by atoms with E-state index in [2.05, 4.69) is 5.32 Å². The Balaban J connectivity index is 1.89. The number of nitrogens with one attached hydrogen (secondary N) is 1. The third-order valence-corrected chi connectivity index (χ3v) is 7.34. The van der Waals surface area contributed by atoms with E-state index in [9.17, 15) is 22.0 Å². The maximum Gasteiger partial charge on any atom is 0.243 e. The normalized spacial score (nSPS) is 14.9. The molecule has 1 aliphatic rings. The van der Waals surface area contributed by atoms with Gasteiger partial charge in [0.15, 0.2) is 23.1 Å². The monoisotopic (exact) mass is 468 g/mol.